The highest BCUT2D eigenvalue weighted by molar-refractivity contribution is 8.15. The molecule has 3 amide bonds. The van der Waals surface area contributed by atoms with Crippen molar-refractivity contribution in [2.75, 3.05) is 11.4 Å². The van der Waals surface area contributed by atoms with Crippen molar-refractivity contribution in [2.45, 2.75) is 45.4 Å². The van der Waals surface area contributed by atoms with Gasteiger partial charge in [-0.25, -0.2) is 0 Å². The first-order valence-corrected chi connectivity index (χ1v) is 9.42. The van der Waals surface area contributed by atoms with E-state index in [0.717, 1.165) is 41.4 Å². The predicted molar refractivity (Wildman–Crippen MR) is 101 cm³/mol. The number of nitrogens with one attached hydrogen (secondary N) is 1. The number of hydrogen-bond donors (Lipinski definition) is 1. The van der Waals surface area contributed by atoms with Gasteiger partial charge >= 0.3 is 0 Å². The number of hydrogen-bond acceptors (Lipinski definition) is 5. The smallest absolute Gasteiger partial charge is 0.270 e. The molecule has 1 aromatic carbocycles. The van der Waals surface area contributed by atoms with E-state index in [1.807, 2.05) is 25.1 Å². The minimum absolute atomic E-state index is 0.198. The molecule has 1 spiro atoms. The molecule has 1 atom stereocenters. The lowest BCUT2D eigenvalue weighted by molar-refractivity contribution is -0.139. The fourth-order valence-electron chi connectivity index (χ4n) is 3.26. The highest BCUT2D eigenvalue weighted by Gasteiger charge is 2.61. The Labute approximate surface area is 156 Å². The minimum Gasteiger partial charge on any atom is -0.309 e. The van der Waals surface area contributed by atoms with Crippen molar-refractivity contribution >= 4 is 40.3 Å². The van der Waals surface area contributed by atoms with Gasteiger partial charge in [-0.15, -0.1) is 5.10 Å². The molecule has 1 N–H and O–H groups in total. The van der Waals surface area contributed by atoms with E-state index in [4.69, 9.17) is 0 Å². The molecule has 7 nitrogen and oxygen atoms in total. The van der Waals surface area contributed by atoms with Crippen LogP contribution in [0.25, 0.3) is 0 Å². The number of carbonyl (C=O) groups is 3. The summed E-state index contributed by atoms with van der Waals surface area (Å²) in [5.41, 5.74) is 2.53. The van der Waals surface area contributed by atoms with Gasteiger partial charge < -0.3 is 10.2 Å². The van der Waals surface area contributed by atoms with Crippen molar-refractivity contribution < 1.29 is 14.4 Å². The number of carbonyl (C=O) groups excluding carboxylic acids is 3. The van der Waals surface area contributed by atoms with Gasteiger partial charge in [0.25, 0.3) is 5.91 Å². The molecule has 0 bridgehead atoms. The maximum Gasteiger partial charge on any atom is 0.270 e. The second-order valence-electron chi connectivity index (χ2n) is 6.49. The Morgan fingerprint density at radius 3 is 2.65 bits per heavy atom. The van der Waals surface area contributed by atoms with Crippen LogP contribution in [0.1, 0.15) is 44.7 Å². The third-order valence-electron chi connectivity index (χ3n) is 4.39. The summed E-state index contributed by atoms with van der Waals surface area (Å²) < 4.78 is 0. The first-order valence-electron chi connectivity index (χ1n) is 8.60. The van der Waals surface area contributed by atoms with E-state index in [9.17, 15) is 14.4 Å². The van der Waals surface area contributed by atoms with Crippen molar-refractivity contribution in [3.05, 3.63) is 29.3 Å². The highest BCUT2D eigenvalue weighted by Crippen LogP contribution is 2.54. The number of anilines is 1. The van der Waals surface area contributed by atoms with E-state index < -0.39 is 4.87 Å². The summed E-state index contributed by atoms with van der Waals surface area (Å²) in [6, 6.07) is 5.80. The lowest BCUT2D eigenvalue weighted by Crippen LogP contribution is -2.48. The summed E-state index contributed by atoms with van der Waals surface area (Å²) in [5, 5.41) is 8.31. The number of amides is 3. The van der Waals surface area contributed by atoms with Crippen molar-refractivity contribution in [1.82, 2.24) is 10.3 Å². The van der Waals surface area contributed by atoms with Crippen LogP contribution in [0.4, 0.5) is 5.69 Å². The monoisotopic (exact) mass is 374 g/mol. The molecule has 26 heavy (non-hydrogen) atoms. The van der Waals surface area contributed by atoms with Gasteiger partial charge in [0.1, 0.15) is 0 Å². The van der Waals surface area contributed by atoms with Crippen LogP contribution >= 0.6 is 11.8 Å². The number of hydrazone groups is 1. The Bertz CT molecular complexity index is 823. The number of nitrogens with zero attached hydrogens (tertiary/aromatic N) is 3. The summed E-state index contributed by atoms with van der Waals surface area (Å²) in [4.78, 5) is 37.7. The molecule has 8 heteroatoms. The number of fused-ring (bicyclic) bond motifs is 2. The number of rotatable bonds is 3. The molecular weight excluding hydrogens is 352 g/mol. The molecule has 138 valence electrons. The quantitative estimate of drug-likeness (QED) is 0.880. The van der Waals surface area contributed by atoms with Crippen LogP contribution < -0.4 is 10.2 Å². The maximum absolute atomic E-state index is 13.5. The van der Waals surface area contributed by atoms with Crippen molar-refractivity contribution in [3.8, 4) is 0 Å². The first-order chi connectivity index (χ1) is 12.3. The Kier molecular flexibility index (Phi) is 4.79. The van der Waals surface area contributed by atoms with Crippen LogP contribution in [-0.4, -0.2) is 34.4 Å². The fraction of sp³-hybridized carbons (Fsp3) is 0.444. The molecule has 0 radical (unpaired) electrons. The molecule has 0 saturated heterocycles. The van der Waals surface area contributed by atoms with Gasteiger partial charge in [-0.2, -0.15) is 5.01 Å². The van der Waals surface area contributed by atoms with Gasteiger partial charge in [0.2, 0.25) is 16.7 Å². The van der Waals surface area contributed by atoms with Crippen LogP contribution in [0, 0.1) is 6.92 Å². The zero-order valence-corrected chi connectivity index (χ0v) is 16.1. The summed E-state index contributed by atoms with van der Waals surface area (Å²) >= 11 is 1.11. The molecule has 2 aliphatic rings. The average molecular weight is 374 g/mol. The molecule has 1 unspecified atom stereocenters. The van der Waals surface area contributed by atoms with E-state index in [-0.39, 0.29) is 22.9 Å². The molecule has 2 aliphatic heterocycles. The van der Waals surface area contributed by atoms with E-state index in [1.165, 1.54) is 18.9 Å². The number of unbranched alkanes of at least 4 members (excludes halogenated alkanes) is 1. The molecule has 0 aliphatic carbocycles. The summed E-state index contributed by atoms with van der Waals surface area (Å²) in [5.74, 6) is -0.846. The summed E-state index contributed by atoms with van der Waals surface area (Å²) in [6.45, 7) is 7.33. The summed E-state index contributed by atoms with van der Waals surface area (Å²) in [7, 11) is 0. The van der Waals surface area contributed by atoms with Gasteiger partial charge in [-0.3, -0.25) is 14.4 Å². The molecular formula is C18H22N4O3S. The van der Waals surface area contributed by atoms with Crippen LogP contribution in [0.2, 0.25) is 0 Å². The number of amidine groups is 1. The van der Waals surface area contributed by atoms with Crippen LogP contribution in [0.3, 0.4) is 0 Å². The molecule has 2 heterocycles. The lowest BCUT2D eigenvalue weighted by atomic mass is 10.0. The number of aryl methyl sites for hydroxylation is 1. The number of thioether (sulfide) groups is 1. The molecule has 3 rings (SSSR count). The second-order valence-corrected chi connectivity index (χ2v) is 7.68. The van der Waals surface area contributed by atoms with Gasteiger partial charge in [0.15, 0.2) is 5.17 Å². The van der Waals surface area contributed by atoms with E-state index in [2.05, 4.69) is 17.3 Å². The molecule has 0 saturated carbocycles. The Morgan fingerprint density at radius 1 is 1.31 bits per heavy atom. The zero-order chi connectivity index (χ0) is 19.1. The zero-order valence-electron chi connectivity index (χ0n) is 15.3. The number of benzene rings is 1. The third kappa shape index (κ3) is 2.78. The van der Waals surface area contributed by atoms with E-state index in [0.29, 0.717) is 6.54 Å². The second kappa shape index (κ2) is 6.75. The van der Waals surface area contributed by atoms with E-state index in [1.54, 1.807) is 4.90 Å². The van der Waals surface area contributed by atoms with Crippen molar-refractivity contribution in [3.63, 3.8) is 0 Å². The highest BCUT2D eigenvalue weighted by atomic mass is 32.2. The first kappa shape index (κ1) is 18.4. The topological polar surface area (TPSA) is 82.1 Å². The van der Waals surface area contributed by atoms with Crippen LogP contribution in [0.15, 0.2) is 23.3 Å². The van der Waals surface area contributed by atoms with Crippen LogP contribution in [-0.2, 0) is 19.3 Å². The Morgan fingerprint density at radius 2 is 2.04 bits per heavy atom. The lowest BCUT2D eigenvalue weighted by Gasteiger charge is -2.29. The van der Waals surface area contributed by atoms with Crippen LogP contribution in [0.5, 0.6) is 0 Å². The third-order valence-corrected chi connectivity index (χ3v) is 5.63. The van der Waals surface area contributed by atoms with Crippen molar-refractivity contribution in [2.24, 2.45) is 5.10 Å². The maximum atomic E-state index is 13.5. The van der Waals surface area contributed by atoms with Gasteiger partial charge in [0, 0.05) is 26.0 Å². The summed E-state index contributed by atoms with van der Waals surface area (Å²) in [6.07, 6.45) is 1.81. The fourth-order valence-corrected chi connectivity index (χ4v) is 4.59. The van der Waals surface area contributed by atoms with Gasteiger partial charge in [-0.1, -0.05) is 31.0 Å². The molecule has 0 aromatic heterocycles. The average Bonchev–Trinajstić information content (AvgIpc) is 3.04. The largest absolute Gasteiger partial charge is 0.309 e. The van der Waals surface area contributed by atoms with Gasteiger partial charge in [0.05, 0.1) is 5.69 Å². The minimum atomic E-state index is -1.29. The molecule has 1 aromatic rings. The van der Waals surface area contributed by atoms with Gasteiger partial charge in [-0.05, 0) is 31.2 Å². The SMILES string of the molecule is CCCCN1C(=O)C2(SC(NC(C)=O)=NN2C(C)=O)c2cc(C)ccc21. The Balaban J connectivity index is 2.13. The Hall–Kier alpha value is -2.35. The predicted octanol–water partition coefficient (Wildman–Crippen LogP) is 2.30. The van der Waals surface area contributed by atoms with Crippen molar-refractivity contribution in [1.29, 1.82) is 0 Å². The normalized spacial score (nSPS) is 21.2. The van der Waals surface area contributed by atoms with E-state index >= 15 is 0 Å². The molecule has 0 fully saturated rings. The standard InChI is InChI=1S/C18H22N4O3S/c1-5-6-9-21-15-8-7-11(2)10-14(15)18(16(21)25)22(13(4)24)20-17(26-18)19-12(3)23/h7-8,10H,5-6,9H2,1-4H3,(H,19,20,23).